The summed E-state index contributed by atoms with van der Waals surface area (Å²) in [5.74, 6) is 1.12. The van der Waals surface area contributed by atoms with Gasteiger partial charge in [-0.15, -0.1) is 0 Å². The first-order valence-corrected chi connectivity index (χ1v) is 11.9. The first kappa shape index (κ1) is 22.2. The summed E-state index contributed by atoms with van der Waals surface area (Å²) < 4.78 is 39.6. The van der Waals surface area contributed by atoms with Crippen LogP contribution in [-0.2, 0) is 21.0 Å². The van der Waals surface area contributed by atoms with Crippen LogP contribution in [0.15, 0.2) is 30.3 Å². The number of aryl methyl sites for hydroxylation is 1. The first-order valence-electron chi connectivity index (χ1n) is 9.85. The van der Waals surface area contributed by atoms with Crippen LogP contribution < -0.4 is 9.47 Å². The van der Waals surface area contributed by atoms with Gasteiger partial charge in [-0.25, -0.2) is 13.2 Å². The molecule has 7 heteroatoms. The van der Waals surface area contributed by atoms with Gasteiger partial charge in [-0.2, -0.15) is 0 Å². The lowest BCUT2D eigenvalue weighted by Gasteiger charge is -2.25. The number of hydrogen-bond acceptors (Lipinski definition) is 6. The van der Waals surface area contributed by atoms with E-state index in [1.807, 2.05) is 39.0 Å². The van der Waals surface area contributed by atoms with Gasteiger partial charge in [-0.05, 0) is 74.2 Å². The first-order chi connectivity index (χ1) is 14.0. The fraction of sp³-hybridized carbons (Fsp3) is 0.435. The van der Waals surface area contributed by atoms with Crippen LogP contribution in [0.3, 0.4) is 0 Å². The molecule has 0 N–H and O–H groups in total. The molecule has 0 bridgehead atoms. The molecule has 0 saturated heterocycles. The van der Waals surface area contributed by atoms with E-state index in [-0.39, 0.29) is 5.75 Å². The van der Waals surface area contributed by atoms with E-state index in [4.69, 9.17) is 14.2 Å². The summed E-state index contributed by atoms with van der Waals surface area (Å²) in [5, 5.41) is 0. The van der Waals surface area contributed by atoms with Crippen LogP contribution in [0.5, 0.6) is 11.5 Å². The van der Waals surface area contributed by atoms with Crippen molar-refractivity contribution in [1.29, 1.82) is 0 Å². The van der Waals surface area contributed by atoms with Gasteiger partial charge in [0.2, 0.25) is 0 Å². The minimum absolute atomic E-state index is 0.0987. The quantitative estimate of drug-likeness (QED) is 0.508. The van der Waals surface area contributed by atoms with E-state index in [9.17, 15) is 13.2 Å². The average molecular weight is 433 g/mol. The van der Waals surface area contributed by atoms with Crippen molar-refractivity contribution in [2.75, 3.05) is 25.7 Å². The van der Waals surface area contributed by atoms with Crippen LogP contribution >= 0.6 is 0 Å². The average Bonchev–Trinajstić information content (AvgIpc) is 2.75. The Kier molecular flexibility index (Phi) is 6.13. The van der Waals surface area contributed by atoms with E-state index in [0.29, 0.717) is 30.8 Å². The molecule has 1 aliphatic heterocycles. The van der Waals surface area contributed by atoms with Crippen LogP contribution in [0, 0.1) is 6.92 Å². The number of rotatable bonds is 6. The maximum atomic E-state index is 12.1. The van der Waals surface area contributed by atoms with Crippen molar-refractivity contribution in [3.8, 4) is 22.6 Å². The van der Waals surface area contributed by atoms with Crippen molar-refractivity contribution < 1.29 is 27.4 Å². The smallest absolute Gasteiger partial charge is 0.337 e. The van der Waals surface area contributed by atoms with Crippen molar-refractivity contribution in [2.45, 2.75) is 39.2 Å². The Bertz CT molecular complexity index is 1070. The summed E-state index contributed by atoms with van der Waals surface area (Å²) in [7, 11) is -1.64. The Balaban J connectivity index is 2.00. The number of esters is 1. The van der Waals surface area contributed by atoms with Gasteiger partial charge < -0.3 is 14.2 Å². The Morgan fingerprint density at radius 1 is 1.20 bits per heavy atom. The predicted molar refractivity (Wildman–Crippen MR) is 116 cm³/mol. The van der Waals surface area contributed by atoms with Crippen molar-refractivity contribution in [2.24, 2.45) is 0 Å². The number of sulfone groups is 1. The summed E-state index contributed by atoms with van der Waals surface area (Å²) >= 11 is 0. The second kappa shape index (κ2) is 8.30. The topological polar surface area (TPSA) is 78.9 Å². The molecular formula is C23H28O6S. The zero-order valence-electron chi connectivity index (χ0n) is 18.1. The number of hydrogen-bond donors (Lipinski definition) is 0. The Morgan fingerprint density at radius 2 is 1.93 bits per heavy atom. The molecule has 162 valence electrons. The molecule has 30 heavy (non-hydrogen) atoms. The van der Waals surface area contributed by atoms with Crippen molar-refractivity contribution >= 4 is 15.8 Å². The number of benzene rings is 2. The highest BCUT2D eigenvalue weighted by atomic mass is 32.2. The molecule has 2 aromatic carbocycles. The minimum atomic E-state index is -3.00. The summed E-state index contributed by atoms with van der Waals surface area (Å²) in [5.41, 5.74) is 3.93. The maximum absolute atomic E-state index is 12.1. The fourth-order valence-electron chi connectivity index (χ4n) is 3.80. The zero-order valence-corrected chi connectivity index (χ0v) is 18.9. The highest BCUT2D eigenvalue weighted by Gasteiger charge is 2.30. The molecule has 0 aromatic heterocycles. The molecule has 0 atom stereocenters. The van der Waals surface area contributed by atoms with Crippen molar-refractivity contribution in [3.63, 3.8) is 0 Å². The van der Waals surface area contributed by atoms with E-state index in [1.165, 1.54) is 13.4 Å². The third-order valence-electron chi connectivity index (χ3n) is 4.99. The zero-order chi connectivity index (χ0) is 22.1. The highest BCUT2D eigenvalue weighted by molar-refractivity contribution is 7.90. The largest absolute Gasteiger partial charge is 0.494 e. The molecule has 1 aliphatic rings. The maximum Gasteiger partial charge on any atom is 0.337 e. The van der Waals surface area contributed by atoms with E-state index < -0.39 is 21.4 Å². The van der Waals surface area contributed by atoms with Crippen LogP contribution in [0.2, 0.25) is 0 Å². The number of methoxy groups -OCH3 is 1. The molecule has 2 aromatic rings. The molecule has 0 amide bonds. The number of carbonyl (C=O) groups excluding carboxylic acids is 1. The number of fused-ring (bicyclic) bond motifs is 3. The monoisotopic (exact) mass is 432 g/mol. The predicted octanol–water partition coefficient (Wildman–Crippen LogP) is 3.98. The molecule has 0 spiro atoms. The van der Waals surface area contributed by atoms with Crippen LogP contribution in [0.25, 0.3) is 11.1 Å². The van der Waals surface area contributed by atoms with Crippen molar-refractivity contribution in [1.82, 2.24) is 0 Å². The third kappa shape index (κ3) is 5.14. The van der Waals surface area contributed by atoms with Gasteiger partial charge in [0.05, 0.1) is 25.0 Å². The lowest BCUT2D eigenvalue weighted by Crippen LogP contribution is -2.30. The van der Waals surface area contributed by atoms with Gasteiger partial charge in [0.1, 0.15) is 26.9 Å². The van der Waals surface area contributed by atoms with Crippen molar-refractivity contribution in [3.05, 3.63) is 47.0 Å². The Morgan fingerprint density at radius 3 is 2.60 bits per heavy atom. The molecule has 6 nitrogen and oxygen atoms in total. The van der Waals surface area contributed by atoms with Crippen LogP contribution in [0.4, 0.5) is 0 Å². The SMILES string of the molecule is COC(=O)c1ccc2c(c1)-c1c(C)cc(OCCCS(C)(=O)=O)cc1CC(C)(C)O2. The molecule has 0 unspecified atom stereocenters. The molecule has 3 rings (SSSR count). The fourth-order valence-corrected chi connectivity index (χ4v) is 4.44. The van der Waals surface area contributed by atoms with Crippen LogP contribution in [0.1, 0.15) is 41.8 Å². The normalized spacial score (nSPS) is 14.7. The van der Waals surface area contributed by atoms with Gasteiger partial charge in [-0.3, -0.25) is 0 Å². The lowest BCUT2D eigenvalue weighted by atomic mass is 9.89. The Hall–Kier alpha value is -2.54. The van der Waals surface area contributed by atoms with Gasteiger partial charge in [0.25, 0.3) is 0 Å². The Labute approximate surface area is 178 Å². The summed E-state index contributed by atoms with van der Waals surface area (Å²) in [6, 6.07) is 9.24. The summed E-state index contributed by atoms with van der Waals surface area (Å²) in [6.07, 6.45) is 2.32. The van der Waals surface area contributed by atoms with Gasteiger partial charge in [-0.1, -0.05) is 0 Å². The van der Waals surface area contributed by atoms with Gasteiger partial charge >= 0.3 is 5.97 Å². The minimum Gasteiger partial charge on any atom is -0.494 e. The van der Waals surface area contributed by atoms with E-state index in [1.54, 1.807) is 12.1 Å². The molecule has 0 radical (unpaired) electrons. The lowest BCUT2D eigenvalue weighted by molar-refractivity contribution is 0.0600. The third-order valence-corrected chi connectivity index (χ3v) is 6.02. The molecular weight excluding hydrogens is 404 g/mol. The number of ether oxygens (including phenoxy) is 3. The summed E-state index contributed by atoms with van der Waals surface area (Å²) in [6.45, 7) is 6.37. The standard InChI is InChI=1S/C23H28O6S/c1-15-11-18(28-9-6-10-30(5,25)26)12-17-14-23(2,3)29-20-8-7-16(22(24)27-4)13-19(20)21(15)17/h7-8,11-13H,6,9-10,14H2,1-5H3. The highest BCUT2D eigenvalue weighted by Crippen LogP contribution is 2.43. The van der Waals surface area contributed by atoms with E-state index in [0.717, 1.165) is 28.0 Å². The van der Waals surface area contributed by atoms with E-state index >= 15 is 0 Å². The number of carbonyl (C=O) groups is 1. The summed E-state index contributed by atoms with van der Waals surface area (Å²) in [4.78, 5) is 12.1. The van der Waals surface area contributed by atoms with E-state index in [2.05, 4.69) is 0 Å². The molecule has 0 fully saturated rings. The van der Waals surface area contributed by atoms with Crippen LogP contribution in [-0.4, -0.2) is 45.7 Å². The molecule has 0 saturated carbocycles. The second-order valence-electron chi connectivity index (χ2n) is 8.35. The molecule has 0 aliphatic carbocycles. The van der Waals surface area contributed by atoms with Gasteiger partial charge in [0, 0.05) is 18.2 Å². The molecule has 1 heterocycles. The second-order valence-corrected chi connectivity index (χ2v) is 10.6. The van der Waals surface area contributed by atoms with Gasteiger partial charge in [0.15, 0.2) is 0 Å².